The normalized spacial score (nSPS) is 28.4. The Kier molecular flexibility index (Phi) is 7.26. The maximum absolute atomic E-state index is 4.78. The number of nitrogens with zero attached hydrogens (tertiary/aromatic N) is 1. The molecule has 1 N–H and O–H groups in total. The van der Waals surface area contributed by atoms with Crippen molar-refractivity contribution in [1.82, 2.24) is 5.32 Å². The molecule has 2 rings (SSSR count). The highest BCUT2D eigenvalue weighted by molar-refractivity contribution is 8.13. The smallest absolute Gasteiger partial charge is 0.156 e. The lowest BCUT2D eigenvalue weighted by molar-refractivity contribution is 0.311. The first-order chi connectivity index (χ1) is 9.75. The minimum atomic E-state index is 0.731. The monoisotopic (exact) mass is 296 g/mol. The molecule has 0 spiro atoms. The second kappa shape index (κ2) is 8.96. The molecule has 0 bridgehead atoms. The summed E-state index contributed by atoms with van der Waals surface area (Å²) in [5.74, 6) is 3.07. The number of amidine groups is 1. The minimum absolute atomic E-state index is 0.731. The number of nitrogens with one attached hydrogen (secondary N) is 1. The predicted molar refractivity (Wildman–Crippen MR) is 91.6 cm³/mol. The van der Waals surface area contributed by atoms with Gasteiger partial charge >= 0.3 is 0 Å². The third-order valence-electron chi connectivity index (χ3n) is 4.60. The Hall–Kier alpha value is -0.180. The molecule has 0 radical (unpaired) electrons. The molecule has 1 aliphatic carbocycles. The van der Waals surface area contributed by atoms with Crippen LogP contribution >= 0.6 is 11.8 Å². The van der Waals surface area contributed by atoms with Crippen LogP contribution in [0.4, 0.5) is 0 Å². The fourth-order valence-electron chi connectivity index (χ4n) is 3.27. The second-order valence-electron chi connectivity index (χ2n) is 6.89. The van der Waals surface area contributed by atoms with Gasteiger partial charge in [-0.15, -0.1) is 0 Å². The Morgan fingerprint density at radius 1 is 1.15 bits per heavy atom. The minimum Gasteiger partial charge on any atom is -0.362 e. The van der Waals surface area contributed by atoms with Crippen LogP contribution in [-0.4, -0.2) is 23.5 Å². The van der Waals surface area contributed by atoms with Crippen molar-refractivity contribution in [3.05, 3.63) is 0 Å². The van der Waals surface area contributed by atoms with Crippen molar-refractivity contribution < 1.29 is 0 Å². The molecule has 1 heterocycles. The first-order valence-electron chi connectivity index (χ1n) is 8.69. The van der Waals surface area contributed by atoms with E-state index in [1.807, 2.05) is 11.8 Å². The van der Waals surface area contributed by atoms with E-state index in [-0.39, 0.29) is 0 Å². The van der Waals surface area contributed by atoms with Gasteiger partial charge in [0.05, 0.1) is 0 Å². The number of hydrogen-bond acceptors (Lipinski definition) is 2. The van der Waals surface area contributed by atoms with Crippen molar-refractivity contribution >= 4 is 16.9 Å². The third-order valence-corrected chi connectivity index (χ3v) is 5.71. The third kappa shape index (κ3) is 5.67. The van der Waals surface area contributed by atoms with E-state index in [2.05, 4.69) is 19.2 Å². The molecule has 1 aliphatic heterocycles. The number of hydrogen-bond donors (Lipinski definition) is 1. The topological polar surface area (TPSA) is 24.4 Å². The van der Waals surface area contributed by atoms with Crippen LogP contribution in [0.2, 0.25) is 0 Å². The van der Waals surface area contributed by atoms with Crippen LogP contribution in [0.5, 0.6) is 0 Å². The molecule has 2 aliphatic rings. The number of aliphatic imine (C=N–C) groups is 1. The molecule has 0 aromatic heterocycles. The summed E-state index contributed by atoms with van der Waals surface area (Å²) in [7, 11) is 0. The lowest BCUT2D eigenvalue weighted by atomic mass is 9.86. The molecule has 1 saturated carbocycles. The van der Waals surface area contributed by atoms with E-state index >= 15 is 0 Å². The average Bonchev–Trinajstić information content (AvgIpc) is 2.46. The summed E-state index contributed by atoms with van der Waals surface area (Å²) in [6.45, 7) is 5.65. The van der Waals surface area contributed by atoms with Gasteiger partial charge in [0.15, 0.2) is 5.17 Å². The summed E-state index contributed by atoms with van der Waals surface area (Å²) in [5.41, 5.74) is 0. The summed E-state index contributed by atoms with van der Waals surface area (Å²) >= 11 is 1.96. The highest BCUT2D eigenvalue weighted by Gasteiger charge is 2.29. The zero-order chi connectivity index (χ0) is 14.2. The highest BCUT2D eigenvalue weighted by atomic mass is 32.2. The fraction of sp³-hybridized carbons (Fsp3) is 0.941. The van der Waals surface area contributed by atoms with Crippen molar-refractivity contribution in [1.29, 1.82) is 0 Å². The van der Waals surface area contributed by atoms with Crippen LogP contribution in [0, 0.1) is 11.8 Å². The van der Waals surface area contributed by atoms with Crippen LogP contribution in [0.1, 0.15) is 71.6 Å². The summed E-state index contributed by atoms with van der Waals surface area (Å²) in [5, 5.41) is 4.92. The Morgan fingerprint density at radius 2 is 1.95 bits per heavy atom. The Morgan fingerprint density at radius 3 is 2.80 bits per heavy atom. The van der Waals surface area contributed by atoms with Crippen LogP contribution < -0.4 is 5.32 Å². The van der Waals surface area contributed by atoms with Crippen LogP contribution in [0.25, 0.3) is 0 Å². The van der Waals surface area contributed by atoms with Crippen LogP contribution in [0.3, 0.4) is 0 Å². The largest absolute Gasteiger partial charge is 0.362 e. The van der Waals surface area contributed by atoms with E-state index in [1.165, 1.54) is 68.7 Å². The first-order valence-corrected chi connectivity index (χ1v) is 9.68. The summed E-state index contributed by atoms with van der Waals surface area (Å²) in [4.78, 5) is 4.78. The van der Waals surface area contributed by atoms with E-state index in [9.17, 15) is 0 Å². The molecule has 116 valence electrons. The summed E-state index contributed by atoms with van der Waals surface area (Å²) < 4.78 is 0. The van der Waals surface area contributed by atoms with Gasteiger partial charge in [-0.25, -0.2) is 0 Å². The maximum atomic E-state index is 4.78. The Bertz CT molecular complexity index is 301. The SMILES string of the molecule is CC(C)CCCCCCN=C1NC2CCCCC2CS1. The maximum Gasteiger partial charge on any atom is 0.156 e. The molecule has 0 aromatic rings. The van der Waals surface area contributed by atoms with Crippen molar-refractivity contribution in [2.24, 2.45) is 16.8 Å². The number of thioether (sulfide) groups is 1. The zero-order valence-electron chi connectivity index (χ0n) is 13.4. The van der Waals surface area contributed by atoms with Gasteiger partial charge in [-0.2, -0.15) is 0 Å². The van der Waals surface area contributed by atoms with Gasteiger partial charge in [-0.3, -0.25) is 4.99 Å². The molecular formula is C17H32N2S. The van der Waals surface area contributed by atoms with Gasteiger partial charge in [-0.1, -0.05) is 64.1 Å². The lowest BCUT2D eigenvalue weighted by Gasteiger charge is -2.36. The average molecular weight is 297 g/mol. The van der Waals surface area contributed by atoms with E-state index in [4.69, 9.17) is 4.99 Å². The van der Waals surface area contributed by atoms with Gasteiger partial charge in [-0.05, 0) is 31.1 Å². The molecule has 2 atom stereocenters. The first kappa shape index (κ1) is 16.2. The van der Waals surface area contributed by atoms with Crippen molar-refractivity contribution in [2.45, 2.75) is 77.7 Å². The number of unbranched alkanes of at least 4 members (excludes halogenated alkanes) is 3. The molecule has 20 heavy (non-hydrogen) atoms. The van der Waals surface area contributed by atoms with E-state index in [1.54, 1.807) is 0 Å². The molecular weight excluding hydrogens is 264 g/mol. The van der Waals surface area contributed by atoms with Gasteiger partial charge in [0.25, 0.3) is 0 Å². The summed E-state index contributed by atoms with van der Waals surface area (Å²) in [6.07, 6.45) is 12.4. The number of rotatable bonds is 7. The number of fused-ring (bicyclic) bond motifs is 1. The van der Waals surface area contributed by atoms with Crippen LogP contribution in [-0.2, 0) is 0 Å². The molecule has 0 amide bonds. The quantitative estimate of drug-likeness (QED) is 0.680. The van der Waals surface area contributed by atoms with E-state index in [0.717, 1.165) is 24.4 Å². The van der Waals surface area contributed by atoms with Crippen molar-refractivity contribution in [3.63, 3.8) is 0 Å². The highest BCUT2D eigenvalue weighted by Crippen LogP contribution is 2.31. The van der Waals surface area contributed by atoms with Crippen molar-refractivity contribution in [3.8, 4) is 0 Å². The summed E-state index contributed by atoms with van der Waals surface area (Å²) in [6, 6.07) is 0.731. The standard InChI is InChI=1S/C17H32N2S/c1-14(2)9-5-3-4-8-12-18-17-19-16-11-7-6-10-15(16)13-20-17/h14-16H,3-13H2,1-2H3,(H,18,19). The molecule has 0 aromatic carbocycles. The van der Waals surface area contributed by atoms with Gasteiger partial charge in [0, 0.05) is 18.3 Å². The van der Waals surface area contributed by atoms with Gasteiger partial charge in [0.1, 0.15) is 0 Å². The second-order valence-corrected chi connectivity index (χ2v) is 7.90. The fourth-order valence-corrected chi connectivity index (χ4v) is 4.46. The van der Waals surface area contributed by atoms with Gasteiger partial charge in [0.2, 0.25) is 0 Å². The van der Waals surface area contributed by atoms with Crippen molar-refractivity contribution in [2.75, 3.05) is 12.3 Å². The lowest BCUT2D eigenvalue weighted by Crippen LogP contribution is -2.46. The predicted octanol–water partition coefficient (Wildman–Crippen LogP) is 4.84. The molecule has 1 saturated heterocycles. The molecule has 2 nitrogen and oxygen atoms in total. The van der Waals surface area contributed by atoms with Crippen LogP contribution in [0.15, 0.2) is 4.99 Å². The Labute approximate surface area is 129 Å². The zero-order valence-corrected chi connectivity index (χ0v) is 14.2. The van der Waals surface area contributed by atoms with E-state index < -0.39 is 0 Å². The van der Waals surface area contributed by atoms with Gasteiger partial charge < -0.3 is 5.32 Å². The van der Waals surface area contributed by atoms with E-state index in [0.29, 0.717) is 0 Å². The molecule has 2 fully saturated rings. The Balaban J connectivity index is 1.56. The molecule has 2 unspecified atom stereocenters. The molecule has 3 heteroatoms.